The lowest BCUT2D eigenvalue weighted by Gasteiger charge is -2.12. The lowest BCUT2D eigenvalue weighted by molar-refractivity contribution is -0.120. The molecule has 0 heterocycles. The highest BCUT2D eigenvalue weighted by atomic mass is 16.5. The van der Waals surface area contributed by atoms with Crippen LogP contribution in [-0.2, 0) is 17.6 Å². The zero-order chi connectivity index (χ0) is 19.8. The Hall–Kier alpha value is -3.22. The zero-order valence-electron chi connectivity index (χ0n) is 15.8. The smallest absolute Gasteiger partial charge is 0.251 e. The highest BCUT2D eigenvalue weighted by molar-refractivity contribution is 5.98. The van der Waals surface area contributed by atoms with Gasteiger partial charge in [0.1, 0.15) is 0 Å². The largest absolute Gasteiger partial charge is 0.493 e. The van der Waals surface area contributed by atoms with Crippen LogP contribution in [0.2, 0.25) is 0 Å². The summed E-state index contributed by atoms with van der Waals surface area (Å²) in [6.07, 6.45) is 0.681. The number of benzene rings is 2. The maximum Gasteiger partial charge on any atom is 0.251 e. The van der Waals surface area contributed by atoms with Gasteiger partial charge in [-0.2, -0.15) is 0 Å². The van der Waals surface area contributed by atoms with E-state index in [9.17, 15) is 9.59 Å². The number of hydrogen-bond donors (Lipinski definition) is 3. The van der Waals surface area contributed by atoms with Crippen LogP contribution >= 0.6 is 0 Å². The topological polar surface area (TPSA) is 103 Å². The molecule has 0 atom stereocenters. The molecule has 0 spiro atoms. The van der Waals surface area contributed by atoms with Crippen molar-refractivity contribution in [3.05, 3.63) is 53.1 Å². The van der Waals surface area contributed by atoms with Gasteiger partial charge in [-0.05, 0) is 41.8 Å². The standard InChI is InChI=1S/C20H25N3O4/c1-22-20(25)14-5-4-6-16(21)15(14)12-19(24)23-10-9-13-7-8-17(26-2)18(11-13)27-3/h4-8,11H,9-10,12,21H2,1-3H3,(H,22,25)(H,23,24). The van der Waals surface area contributed by atoms with Crippen LogP contribution in [0, 0.1) is 0 Å². The van der Waals surface area contributed by atoms with Crippen LogP contribution in [0.1, 0.15) is 21.5 Å². The van der Waals surface area contributed by atoms with Crippen molar-refractivity contribution in [2.75, 3.05) is 33.5 Å². The van der Waals surface area contributed by atoms with Crippen molar-refractivity contribution in [3.8, 4) is 11.5 Å². The van der Waals surface area contributed by atoms with Crippen molar-refractivity contribution < 1.29 is 19.1 Å². The van der Waals surface area contributed by atoms with Gasteiger partial charge in [0.05, 0.1) is 20.6 Å². The molecule has 0 unspecified atom stereocenters. The third kappa shape index (κ3) is 5.13. The number of methoxy groups -OCH3 is 2. The summed E-state index contributed by atoms with van der Waals surface area (Å²) >= 11 is 0. The Labute approximate surface area is 158 Å². The Balaban J connectivity index is 1.97. The molecule has 7 heteroatoms. The van der Waals surface area contributed by atoms with Crippen molar-refractivity contribution in [2.45, 2.75) is 12.8 Å². The Morgan fingerprint density at radius 3 is 2.48 bits per heavy atom. The third-order valence-corrected chi connectivity index (χ3v) is 4.21. The molecule has 0 fully saturated rings. The van der Waals surface area contributed by atoms with Gasteiger partial charge in [-0.25, -0.2) is 0 Å². The highest BCUT2D eigenvalue weighted by Gasteiger charge is 2.15. The van der Waals surface area contributed by atoms with E-state index >= 15 is 0 Å². The summed E-state index contributed by atoms with van der Waals surface area (Å²) in [4.78, 5) is 24.3. The van der Waals surface area contributed by atoms with Crippen LogP contribution in [0.4, 0.5) is 5.69 Å². The van der Waals surface area contributed by atoms with Gasteiger partial charge in [-0.3, -0.25) is 9.59 Å². The summed E-state index contributed by atoms with van der Waals surface area (Å²) in [5.74, 6) is 0.842. The monoisotopic (exact) mass is 371 g/mol. The molecule has 0 aliphatic rings. The van der Waals surface area contributed by atoms with Crippen molar-refractivity contribution in [2.24, 2.45) is 0 Å². The fourth-order valence-corrected chi connectivity index (χ4v) is 2.75. The number of nitrogen functional groups attached to an aromatic ring is 1. The van der Waals surface area contributed by atoms with Crippen LogP contribution in [-0.4, -0.2) is 39.6 Å². The maximum absolute atomic E-state index is 12.3. The van der Waals surface area contributed by atoms with E-state index in [-0.39, 0.29) is 18.2 Å². The minimum absolute atomic E-state index is 0.0430. The predicted molar refractivity (Wildman–Crippen MR) is 104 cm³/mol. The molecule has 2 amide bonds. The molecule has 2 aromatic carbocycles. The predicted octanol–water partition coefficient (Wildman–Crippen LogP) is 1.55. The molecule has 0 aromatic heterocycles. The van der Waals surface area contributed by atoms with Crippen LogP contribution in [0.15, 0.2) is 36.4 Å². The number of amides is 2. The zero-order valence-corrected chi connectivity index (χ0v) is 15.8. The van der Waals surface area contributed by atoms with Crippen molar-refractivity contribution in [3.63, 3.8) is 0 Å². The summed E-state index contributed by atoms with van der Waals surface area (Å²) in [6.45, 7) is 0.455. The van der Waals surface area contributed by atoms with E-state index in [2.05, 4.69) is 10.6 Å². The van der Waals surface area contributed by atoms with Gasteiger partial charge in [0.25, 0.3) is 5.91 Å². The van der Waals surface area contributed by atoms with Crippen LogP contribution in [0.5, 0.6) is 11.5 Å². The van der Waals surface area contributed by atoms with E-state index in [1.54, 1.807) is 39.5 Å². The number of hydrogen-bond acceptors (Lipinski definition) is 5. The van der Waals surface area contributed by atoms with Gasteiger partial charge in [0.2, 0.25) is 5.91 Å². The van der Waals surface area contributed by atoms with E-state index < -0.39 is 0 Å². The lowest BCUT2D eigenvalue weighted by Crippen LogP contribution is -2.29. The molecule has 2 aromatic rings. The number of carbonyl (C=O) groups is 2. The van der Waals surface area contributed by atoms with E-state index in [0.29, 0.717) is 41.3 Å². The normalized spacial score (nSPS) is 10.2. The summed E-state index contributed by atoms with van der Waals surface area (Å²) in [7, 11) is 4.70. The minimum Gasteiger partial charge on any atom is -0.493 e. The molecule has 7 nitrogen and oxygen atoms in total. The van der Waals surface area contributed by atoms with Crippen LogP contribution in [0.3, 0.4) is 0 Å². The molecular weight excluding hydrogens is 346 g/mol. The second-order valence-corrected chi connectivity index (χ2v) is 5.92. The Morgan fingerprint density at radius 1 is 1.07 bits per heavy atom. The molecule has 0 saturated carbocycles. The van der Waals surface area contributed by atoms with E-state index in [4.69, 9.17) is 15.2 Å². The third-order valence-electron chi connectivity index (χ3n) is 4.21. The summed E-state index contributed by atoms with van der Waals surface area (Å²) in [5, 5.41) is 5.42. The summed E-state index contributed by atoms with van der Waals surface area (Å²) in [5.41, 5.74) is 8.33. The average Bonchev–Trinajstić information content (AvgIpc) is 2.68. The molecule has 0 radical (unpaired) electrons. The van der Waals surface area contributed by atoms with Crippen LogP contribution in [0.25, 0.3) is 0 Å². The van der Waals surface area contributed by atoms with E-state index in [1.165, 1.54) is 0 Å². The van der Waals surface area contributed by atoms with E-state index in [1.807, 2.05) is 18.2 Å². The molecule has 2 rings (SSSR count). The number of ether oxygens (including phenoxy) is 2. The Kier molecular flexibility index (Phi) is 7.05. The van der Waals surface area contributed by atoms with Crippen molar-refractivity contribution in [1.82, 2.24) is 10.6 Å². The van der Waals surface area contributed by atoms with Crippen molar-refractivity contribution in [1.29, 1.82) is 0 Å². The first kappa shape index (κ1) is 20.1. The molecule has 0 saturated heterocycles. The number of anilines is 1. The fraction of sp³-hybridized carbons (Fsp3) is 0.300. The number of rotatable bonds is 8. The van der Waals surface area contributed by atoms with E-state index in [0.717, 1.165) is 5.56 Å². The Morgan fingerprint density at radius 2 is 1.81 bits per heavy atom. The number of nitrogens with one attached hydrogen (secondary N) is 2. The summed E-state index contributed by atoms with van der Waals surface area (Å²) in [6, 6.07) is 10.7. The SMILES string of the molecule is CNC(=O)c1cccc(N)c1CC(=O)NCCc1ccc(OC)c(OC)c1. The quantitative estimate of drug-likeness (QED) is 0.611. The molecule has 0 aliphatic heterocycles. The number of nitrogens with two attached hydrogens (primary N) is 1. The van der Waals surface area contributed by atoms with Crippen molar-refractivity contribution >= 4 is 17.5 Å². The number of carbonyl (C=O) groups excluding carboxylic acids is 2. The van der Waals surface area contributed by atoms with Gasteiger partial charge in [-0.1, -0.05) is 12.1 Å². The summed E-state index contributed by atoms with van der Waals surface area (Å²) < 4.78 is 10.5. The highest BCUT2D eigenvalue weighted by Crippen LogP contribution is 2.27. The van der Waals surface area contributed by atoms with Gasteiger partial charge in [-0.15, -0.1) is 0 Å². The van der Waals surface area contributed by atoms with Gasteiger partial charge in [0, 0.05) is 24.8 Å². The van der Waals surface area contributed by atoms with Crippen LogP contribution < -0.4 is 25.8 Å². The van der Waals surface area contributed by atoms with Gasteiger partial charge in [0.15, 0.2) is 11.5 Å². The molecule has 4 N–H and O–H groups in total. The molecular formula is C20H25N3O4. The molecule has 144 valence electrons. The second-order valence-electron chi connectivity index (χ2n) is 5.92. The van der Waals surface area contributed by atoms with Gasteiger partial charge >= 0.3 is 0 Å². The van der Waals surface area contributed by atoms with Gasteiger partial charge < -0.3 is 25.8 Å². The fourth-order valence-electron chi connectivity index (χ4n) is 2.75. The first-order valence-corrected chi connectivity index (χ1v) is 8.57. The average molecular weight is 371 g/mol. The molecule has 0 bridgehead atoms. The minimum atomic E-state index is -0.268. The Bertz CT molecular complexity index is 821. The second kappa shape index (κ2) is 9.47. The first-order valence-electron chi connectivity index (χ1n) is 8.57. The molecule has 0 aliphatic carbocycles. The molecule has 27 heavy (non-hydrogen) atoms. The first-order chi connectivity index (χ1) is 13.0. The lowest BCUT2D eigenvalue weighted by atomic mass is 10.0. The maximum atomic E-state index is 12.3.